The number of ether oxygens (including phenoxy) is 2. The molecule has 1 aromatic heterocycles. The van der Waals surface area contributed by atoms with Crippen molar-refractivity contribution in [1.29, 1.82) is 0 Å². The second kappa shape index (κ2) is 6.04. The number of anilines is 1. The van der Waals surface area contributed by atoms with E-state index in [4.69, 9.17) is 9.47 Å². The molecule has 0 atom stereocenters. The van der Waals surface area contributed by atoms with Crippen LogP contribution in [0, 0.1) is 0 Å². The van der Waals surface area contributed by atoms with Crippen molar-refractivity contribution in [2.24, 2.45) is 0 Å². The van der Waals surface area contributed by atoms with E-state index in [1.165, 1.54) is 5.56 Å². The van der Waals surface area contributed by atoms with Crippen LogP contribution in [0.5, 0.6) is 17.4 Å². The van der Waals surface area contributed by atoms with Gasteiger partial charge in [-0.3, -0.25) is 0 Å². The van der Waals surface area contributed by atoms with Gasteiger partial charge < -0.3 is 14.8 Å². The fourth-order valence-electron chi connectivity index (χ4n) is 1.65. The van der Waals surface area contributed by atoms with Crippen molar-refractivity contribution in [3.05, 3.63) is 36.0 Å². The van der Waals surface area contributed by atoms with Crippen molar-refractivity contribution in [3.8, 4) is 17.4 Å². The molecule has 0 radical (unpaired) electrons. The Morgan fingerprint density at radius 1 is 1.21 bits per heavy atom. The minimum Gasteiger partial charge on any atom is -0.493 e. The largest absolute Gasteiger partial charge is 0.493 e. The van der Waals surface area contributed by atoms with Gasteiger partial charge in [0.1, 0.15) is 0 Å². The van der Waals surface area contributed by atoms with E-state index in [0.29, 0.717) is 23.3 Å². The highest BCUT2D eigenvalue weighted by Gasteiger charge is 2.08. The van der Waals surface area contributed by atoms with Crippen LogP contribution in [-0.4, -0.2) is 24.1 Å². The summed E-state index contributed by atoms with van der Waals surface area (Å²) in [7, 11) is 3.39. The van der Waals surface area contributed by atoms with Crippen LogP contribution in [0.25, 0.3) is 0 Å². The standard InChI is InChI=1S/C14H17N3O2/c1-4-10-5-6-11(12(9-10)18-3)19-13-7-8-16-14(15-2)17-13/h5-9H,4H2,1-3H3,(H,15,16,17). The maximum atomic E-state index is 5.73. The average Bonchev–Trinajstić information content (AvgIpc) is 2.48. The summed E-state index contributed by atoms with van der Waals surface area (Å²) in [6, 6.07) is 7.57. The lowest BCUT2D eigenvalue weighted by Crippen LogP contribution is -1.98. The molecule has 0 saturated heterocycles. The van der Waals surface area contributed by atoms with Gasteiger partial charge in [0.15, 0.2) is 11.5 Å². The van der Waals surface area contributed by atoms with Gasteiger partial charge >= 0.3 is 0 Å². The quantitative estimate of drug-likeness (QED) is 0.894. The molecule has 1 aromatic carbocycles. The maximum absolute atomic E-state index is 5.73. The molecule has 19 heavy (non-hydrogen) atoms. The van der Waals surface area contributed by atoms with Crippen LogP contribution in [0.1, 0.15) is 12.5 Å². The van der Waals surface area contributed by atoms with E-state index in [1.54, 1.807) is 26.4 Å². The Balaban J connectivity index is 2.26. The van der Waals surface area contributed by atoms with Gasteiger partial charge in [-0.05, 0) is 24.1 Å². The van der Waals surface area contributed by atoms with Crippen LogP contribution in [0.2, 0.25) is 0 Å². The minimum absolute atomic E-state index is 0.474. The summed E-state index contributed by atoms with van der Waals surface area (Å²) in [5.74, 6) is 2.33. The zero-order valence-corrected chi connectivity index (χ0v) is 11.3. The van der Waals surface area contributed by atoms with E-state index in [9.17, 15) is 0 Å². The molecule has 1 N–H and O–H groups in total. The molecular formula is C14H17N3O2. The van der Waals surface area contributed by atoms with Crippen molar-refractivity contribution < 1.29 is 9.47 Å². The molecular weight excluding hydrogens is 242 g/mol. The molecule has 0 bridgehead atoms. The maximum Gasteiger partial charge on any atom is 0.225 e. The molecule has 0 aliphatic heterocycles. The molecule has 100 valence electrons. The van der Waals surface area contributed by atoms with E-state index >= 15 is 0 Å². The molecule has 1 heterocycles. The van der Waals surface area contributed by atoms with E-state index in [2.05, 4.69) is 22.2 Å². The third-order valence-electron chi connectivity index (χ3n) is 2.70. The molecule has 0 unspecified atom stereocenters. The Bertz CT molecular complexity index is 558. The van der Waals surface area contributed by atoms with Crippen LogP contribution in [0.3, 0.4) is 0 Å². The van der Waals surface area contributed by atoms with Crippen LogP contribution in [0.4, 0.5) is 5.95 Å². The van der Waals surface area contributed by atoms with Gasteiger partial charge in [0, 0.05) is 19.3 Å². The average molecular weight is 259 g/mol. The lowest BCUT2D eigenvalue weighted by molar-refractivity contribution is 0.373. The Morgan fingerprint density at radius 3 is 2.74 bits per heavy atom. The second-order valence-electron chi connectivity index (χ2n) is 3.91. The van der Waals surface area contributed by atoms with Gasteiger partial charge in [0.25, 0.3) is 0 Å². The number of benzene rings is 1. The summed E-state index contributed by atoms with van der Waals surface area (Å²) in [6.07, 6.45) is 2.59. The Hall–Kier alpha value is -2.30. The highest BCUT2D eigenvalue weighted by Crippen LogP contribution is 2.31. The molecule has 5 heteroatoms. The Morgan fingerprint density at radius 2 is 2.05 bits per heavy atom. The van der Waals surface area contributed by atoms with E-state index in [1.807, 2.05) is 18.2 Å². The molecule has 0 amide bonds. The smallest absolute Gasteiger partial charge is 0.225 e. The number of aromatic nitrogens is 2. The Kier molecular flexibility index (Phi) is 4.18. The first-order chi connectivity index (χ1) is 9.26. The second-order valence-corrected chi connectivity index (χ2v) is 3.91. The molecule has 0 aliphatic carbocycles. The van der Waals surface area contributed by atoms with Crippen molar-refractivity contribution in [2.75, 3.05) is 19.5 Å². The predicted molar refractivity (Wildman–Crippen MR) is 74.0 cm³/mol. The SMILES string of the molecule is CCc1ccc(Oc2ccnc(NC)n2)c(OC)c1. The van der Waals surface area contributed by atoms with Gasteiger partial charge in [-0.2, -0.15) is 4.98 Å². The van der Waals surface area contributed by atoms with Gasteiger partial charge in [-0.25, -0.2) is 4.98 Å². The third-order valence-corrected chi connectivity index (χ3v) is 2.70. The molecule has 2 rings (SSSR count). The highest BCUT2D eigenvalue weighted by molar-refractivity contribution is 5.45. The highest BCUT2D eigenvalue weighted by atomic mass is 16.5. The van der Waals surface area contributed by atoms with Crippen molar-refractivity contribution in [1.82, 2.24) is 9.97 Å². The summed E-state index contributed by atoms with van der Waals surface area (Å²) in [5.41, 5.74) is 1.20. The lowest BCUT2D eigenvalue weighted by atomic mass is 10.1. The monoisotopic (exact) mass is 259 g/mol. The molecule has 0 aliphatic rings. The van der Waals surface area contributed by atoms with Crippen molar-refractivity contribution in [2.45, 2.75) is 13.3 Å². The predicted octanol–water partition coefficient (Wildman–Crippen LogP) is 2.88. The first-order valence-corrected chi connectivity index (χ1v) is 6.12. The normalized spacial score (nSPS) is 10.1. The van der Waals surface area contributed by atoms with Gasteiger partial charge in [0.05, 0.1) is 7.11 Å². The number of hydrogen-bond acceptors (Lipinski definition) is 5. The molecule has 0 saturated carbocycles. The topological polar surface area (TPSA) is 56.3 Å². The Labute approximate surface area is 112 Å². The van der Waals surface area contributed by atoms with E-state index < -0.39 is 0 Å². The van der Waals surface area contributed by atoms with Gasteiger partial charge in [-0.15, -0.1) is 0 Å². The number of nitrogens with one attached hydrogen (secondary N) is 1. The van der Waals surface area contributed by atoms with Gasteiger partial charge in [0.2, 0.25) is 11.8 Å². The number of hydrogen-bond donors (Lipinski definition) is 1. The summed E-state index contributed by atoms with van der Waals surface area (Å²) >= 11 is 0. The van der Waals surface area contributed by atoms with Crippen LogP contribution < -0.4 is 14.8 Å². The lowest BCUT2D eigenvalue weighted by Gasteiger charge is -2.11. The zero-order valence-electron chi connectivity index (χ0n) is 11.3. The summed E-state index contributed by atoms with van der Waals surface area (Å²) in [4.78, 5) is 8.24. The molecule has 5 nitrogen and oxygen atoms in total. The number of methoxy groups -OCH3 is 1. The van der Waals surface area contributed by atoms with E-state index in [-0.39, 0.29) is 0 Å². The molecule has 0 spiro atoms. The summed E-state index contributed by atoms with van der Waals surface area (Å²) in [6.45, 7) is 2.10. The molecule has 0 fully saturated rings. The van der Waals surface area contributed by atoms with Crippen molar-refractivity contribution >= 4 is 5.95 Å². The first kappa shape index (κ1) is 13.1. The number of aryl methyl sites for hydroxylation is 1. The summed E-state index contributed by atoms with van der Waals surface area (Å²) < 4.78 is 11.1. The van der Waals surface area contributed by atoms with Crippen LogP contribution in [0.15, 0.2) is 30.5 Å². The number of nitrogens with zero attached hydrogens (tertiary/aromatic N) is 2. The minimum atomic E-state index is 0.474. The first-order valence-electron chi connectivity index (χ1n) is 6.12. The zero-order chi connectivity index (χ0) is 13.7. The fourth-order valence-corrected chi connectivity index (χ4v) is 1.65. The number of rotatable bonds is 5. The van der Waals surface area contributed by atoms with Crippen LogP contribution >= 0.6 is 0 Å². The third kappa shape index (κ3) is 3.13. The fraction of sp³-hybridized carbons (Fsp3) is 0.286. The van der Waals surface area contributed by atoms with Crippen LogP contribution in [-0.2, 0) is 6.42 Å². The van der Waals surface area contributed by atoms with E-state index in [0.717, 1.165) is 6.42 Å². The summed E-state index contributed by atoms with van der Waals surface area (Å²) in [5, 5.41) is 2.87. The van der Waals surface area contributed by atoms with Crippen molar-refractivity contribution in [3.63, 3.8) is 0 Å². The van der Waals surface area contributed by atoms with Gasteiger partial charge in [-0.1, -0.05) is 13.0 Å². The molecule has 2 aromatic rings.